The standard InChI is InChI=1S/C26H36N6O7/c1-3-15(2)22(26(38)39)32-25(37)19(11-16-7-5-4-6-8-16)31-24(36)20(12-17-13-28-14-29-17)30-23(35)18(27)9-10-21(33)34/h4-8,13-15,18-20,22H,3,9-12,27H2,1-2H3,(H,28,29)(H,30,35)(H,31,36)(H,32,37)(H,33,34)(H,38,39). The van der Waals surface area contributed by atoms with E-state index < -0.39 is 53.8 Å². The molecule has 1 aromatic carbocycles. The van der Waals surface area contributed by atoms with Gasteiger partial charge in [0.15, 0.2) is 0 Å². The molecule has 0 saturated carbocycles. The number of hydrogen-bond donors (Lipinski definition) is 7. The summed E-state index contributed by atoms with van der Waals surface area (Å²) >= 11 is 0. The smallest absolute Gasteiger partial charge is 0.326 e. The summed E-state index contributed by atoms with van der Waals surface area (Å²) in [6, 6.07) is 4.18. The van der Waals surface area contributed by atoms with Crippen LogP contribution in [0.3, 0.4) is 0 Å². The highest BCUT2D eigenvalue weighted by molar-refractivity contribution is 5.94. The van der Waals surface area contributed by atoms with Crippen molar-refractivity contribution >= 4 is 29.7 Å². The van der Waals surface area contributed by atoms with Crippen LogP contribution in [0.25, 0.3) is 0 Å². The zero-order chi connectivity index (χ0) is 28.9. The molecule has 3 amide bonds. The van der Waals surface area contributed by atoms with Gasteiger partial charge in [-0.1, -0.05) is 50.6 Å². The largest absolute Gasteiger partial charge is 0.481 e. The Labute approximate surface area is 226 Å². The number of nitrogens with two attached hydrogens (primary N) is 1. The normalized spacial score (nSPS) is 14.7. The van der Waals surface area contributed by atoms with Crippen LogP contribution in [0.15, 0.2) is 42.9 Å². The molecular weight excluding hydrogens is 508 g/mol. The van der Waals surface area contributed by atoms with E-state index in [9.17, 15) is 29.1 Å². The number of imidazole rings is 1. The van der Waals surface area contributed by atoms with Gasteiger partial charge in [-0.15, -0.1) is 0 Å². The highest BCUT2D eigenvalue weighted by Gasteiger charge is 2.32. The summed E-state index contributed by atoms with van der Waals surface area (Å²) in [6.07, 6.45) is 2.96. The quantitative estimate of drug-likeness (QED) is 0.151. The molecule has 13 nitrogen and oxygen atoms in total. The van der Waals surface area contributed by atoms with Gasteiger partial charge in [-0.05, 0) is 17.9 Å². The van der Waals surface area contributed by atoms with Gasteiger partial charge in [-0.2, -0.15) is 0 Å². The number of carboxylic acids is 2. The minimum atomic E-state index is -1.19. The predicted octanol–water partition coefficient (Wildman–Crippen LogP) is -0.0279. The number of aliphatic carboxylic acids is 2. The second kappa shape index (κ2) is 15.2. The molecule has 1 aromatic heterocycles. The Morgan fingerprint density at radius 1 is 0.949 bits per heavy atom. The number of aromatic amines is 1. The fourth-order valence-electron chi connectivity index (χ4n) is 3.78. The van der Waals surface area contributed by atoms with Crippen LogP contribution in [0.4, 0.5) is 0 Å². The van der Waals surface area contributed by atoms with E-state index in [1.807, 2.05) is 0 Å². The number of hydrogen-bond acceptors (Lipinski definition) is 7. The zero-order valence-corrected chi connectivity index (χ0v) is 21.9. The number of H-pyrrole nitrogens is 1. The molecule has 5 atom stereocenters. The lowest BCUT2D eigenvalue weighted by Crippen LogP contribution is -2.58. The third-order valence-electron chi connectivity index (χ3n) is 6.31. The van der Waals surface area contributed by atoms with E-state index in [0.29, 0.717) is 12.1 Å². The fraction of sp³-hybridized carbons (Fsp3) is 0.462. The van der Waals surface area contributed by atoms with E-state index in [1.165, 1.54) is 12.5 Å². The first-order valence-corrected chi connectivity index (χ1v) is 12.6. The monoisotopic (exact) mass is 544 g/mol. The number of carboxylic acid groups (broad SMARTS) is 2. The third-order valence-corrected chi connectivity index (χ3v) is 6.31. The van der Waals surface area contributed by atoms with Crippen molar-refractivity contribution in [2.24, 2.45) is 11.7 Å². The van der Waals surface area contributed by atoms with Gasteiger partial charge in [-0.3, -0.25) is 19.2 Å². The van der Waals surface area contributed by atoms with E-state index in [4.69, 9.17) is 10.8 Å². The number of aromatic nitrogens is 2. The molecule has 39 heavy (non-hydrogen) atoms. The first kappa shape index (κ1) is 31.0. The minimum Gasteiger partial charge on any atom is -0.481 e. The van der Waals surface area contributed by atoms with E-state index in [1.54, 1.807) is 44.2 Å². The Hall–Kier alpha value is -4.26. The molecule has 0 radical (unpaired) electrons. The Bertz CT molecular complexity index is 1110. The van der Waals surface area contributed by atoms with E-state index in [2.05, 4.69) is 25.9 Å². The topological polar surface area (TPSA) is 217 Å². The van der Waals surface area contributed by atoms with Gasteiger partial charge in [0.2, 0.25) is 17.7 Å². The lowest BCUT2D eigenvalue weighted by atomic mass is 9.98. The summed E-state index contributed by atoms with van der Waals surface area (Å²) in [5.74, 6) is -4.81. The molecule has 2 rings (SSSR count). The minimum absolute atomic E-state index is 0.0203. The van der Waals surface area contributed by atoms with Crippen molar-refractivity contribution in [3.63, 3.8) is 0 Å². The van der Waals surface area contributed by atoms with Gasteiger partial charge in [-0.25, -0.2) is 9.78 Å². The van der Waals surface area contributed by atoms with E-state index >= 15 is 0 Å². The maximum absolute atomic E-state index is 13.4. The van der Waals surface area contributed by atoms with Crippen LogP contribution in [0.1, 0.15) is 44.4 Å². The van der Waals surface area contributed by atoms with Crippen molar-refractivity contribution in [3.8, 4) is 0 Å². The molecule has 0 saturated heterocycles. The maximum Gasteiger partial charge on any atom is 0.326 e. The Morgan fingerprint density at radius 3 is 2.13 bits per heavy atom. The Morgan fingerprint density at radius 2 is 1.56 bits per heavy atom. The van der Waals surface area contributed by atoms with Crippen molar-refractivity contribution in [2.45, 2.75) is 70.1 Å². The fourth-order valence-corrected chi connectivity index (χ4v) is 3.78. The van der Waals surface area contributed by atoms with Gasteiger partial charge in [0.05, 0.1) is 12.4 Å². The number of amides is 3. The molecule has 8 N–H and O–H groups in total. The maximum atomic E-state index is 13.4. The molecule has 0 bridgehead atoms. The molecule has 2 aromatic rings. The van der Waals surface area contributed by atoms with Crippen LogP contribution >= 0.6 is 0 Å². The lowest BCUT2D eigenvalue weighted by molar-refractivity contribution is -0.144. The van der Waals surface area contributed by atoms with Crippen molar-refractivity contribution in [1.82, 2.24) is 25.9 Å². The lowest BCUT2D eigenvalue weighted by Gasteiger charge is -2.26. The van der Waals surface area contributed by atoms with Gasteiger partial charge in [0.1, 0.15) is 18.1 Å². The highest BCUT2D eigenvalue weighted by Crippen LogP contribution is 2.11. The van der Waals surface area contributed by atoms with E-state index in [-0.39, 0.29) is 31.6 Å². The van der Waals surface area contributed by atoms with Crippen molar-refractivity contribution < 1.29 is 34.2 Å². The molecule has 0 aliphatic heterocycles. The molecule has 0 fully saturated rings. The Balaban J connectivity index is 2.27. The number of carbonyl (C=O) groups excluding carboxylic acids is 3. The number of rotatable bonds is 16. The van der Waals surface area contributed by atoms with Crippen LogP contribution in [-0.4, -0.2) is 74.0 Å². The zero-order valence-electron chi connectivity index (χ0n) is 21.9. The van der Waals surface area contributed by atoms with Crippen molar-refractivity contribution in [1.29, 1.82) is 0 Å². The summed E-state index contributed by atoms with van der Waals surface area (Å²) in [5, 5.41) is 26.2. The summed E-state index contributed by atoms with van der Waals surface area (Å²) in [7, 11) is 0. The van der Waals surface area contributed by atoms with Crippen LogP contribution in [0.2, 0.25) is 0 Å². The number of carbonyl (C=O) groups is 5. The number of benzene rings is 1. The summed E-state index contributed by atoms with van der Waals surface area (Å²) < 4.78 is 0. The summed E-state index contributed by atoms with van der Waals surface area (Å²) in [4.78, 5) is 68.7. The molecule has 5 unspecified atom stereocenters. The van der Waals surface area contributed by atoms with Gasteiger partial charge >= 0.3 is 11.9 Å². The first-order valence-electron chi connectivity index (χ1n) is 12.6. The van der Waals surface area contributed by atoms with Crippen LogP contribution < -0.4 is 21.7 Å². The third kappa shape index (κ3) is 10.2. The van der Waals surface area contributed by atoms with Crippen molar-refractivity contribution in [3.05, 3.63) is 54.1 Å². The predicted molar refractivity (Wildman–Crippen MR) is 140 cm³/mol. The average molecular weight is 545 g/mol. The Kier molecular flexibility index (Phi) is 12.1. The van der Waals surface area contributed by atoms with Gasteiger partial charge < -0.3 is 36.9 Å². The number of nitrogens with one attached hydrogen (secondary N) is 4. The van der Waals surface area contributed by atoms with Gasteiger partial charge in [0, 0.05) is 31.2 Å². The first-order chi connectivity index (χ1) is 18.5. The average Bonchev–Trinajstić information content (AvgIpc) is 3.42. The second-order valence-electron chi connectivity index (χ2n) is 9.34. The molecule has 1 heterocycles. The van der Waals surface area contributed by atoms with Crippen molar-refractivity contribution in [2.75, 3.05) is 0 Å². The molecule has 0 aliphatic rings. The molecule has 13 heteroatoms. The highest BCUT2D eigenvalue weighted by atomic mass is 16.4. The van der Waals surface area contributed by atoms with Gasteiger partial charge in [0.25, 0.3) is 0 Å². The van der Waals surface area contributed by atoms with Crippen LogP contribution in [0, 0.1) is 5.92 Å². The molecule has 212 valence electrons. The molecular formula is C26H36N6O7. The SMILES string of the molecule is CCC(C)C(NC(=O)C(Cc1ccccc1)NC(=O)C(Cc1cnc[nH]1)NC(=O)C(N)CCC(=O)O)C(=O)O. The van der Waals surface area contributed by atoms with Crippen LogP contribution in [0.5, 0.6) is 0 Å². The van der Waals surface area contributed by atoms with E-state index in [0.717, 1.165) is 5.56 Å². The number of nitrogens with zero attached hydrogens (tertiary/aromatic N) is 1. The summed E-state index contributed by atoms with van der Waals surface area (Å²) in [5.41, 5.74) is 7.05. The summed E-state index contributed by atoms with van der Waals surface area (Å²) in [6.45, 7) is 3.51. The molecule has 0 aliphatic carbocycles. The second-order valence-corrected chi connectivity index (χ2v) is 9.34. The van der Waals surface area contributed by atoms with Crippen LogP contribution in [-0.2, 0) is 36.8 Å². The molecule has 0 spiro atoms.